The van der Waals surface area contributed by atoms with Crippen molar-refractivity contribution in [3.63, 3.8) is 0 Å². The number of sulfonamides is 1. The second-order valence-electron chi connectivity index (χ2n) is 6.49. The summed E-state index contributed by atoms with van der Waals surface area (Å²) in [5.41, 5.74) is 0.920. The zero-order chi connectivity index (χ0) is 18.8. The highest BCUT2D eigenvalue weighted by molar-refractivity contribution is 8.26. The lowest BCUT2D eigenvalue weighted by Gasteiger charge is -2.31. The predicted molar refractivity (Wildman–Crippen MR) is 110 cm³/mol. The topological polar surface area (TPSA) is 53.0 Å². The highest BCUT2D eigenvalue weighted by atomic mass is 32.3. The molecule has 0 amide bonds. The smallest absolute Gasteiger partial charge is 0.249 e. The zero-order valence-corrected chi connectivity index (χ0v) is 17.7. The molecule has 1 fully saturated rings. The SMILES string of the molecule is CC(C)N(C(=S)/N=C1\SC(C)S(=O)(=O)N1Cc1ccccc1)C(C)C. The van der Waals surface area contributed by atoms with Crippen LogP contribution in [0.5, 0.6) is 0 Å². The van der Waals surface area contributed by atoms with Gasteiger partial charge in [0.15, 0.2) is 10.3 Å². The van der Waals surface area contributed by atoms with E-state index in [1.165, 1.54) is 16.1 Å². The maximum Gasteiger partial charge on any atom is 0.249 e. The van der Waals surface area contributed by atoms with E-state index in [0.717, 1.165) is 5.56 Å². The third kappa shape index (κ3) is 4.54. The van der Waals surface area contributed by atoms with Gasteiger partial charge >= 0.3 is 0 Å². The van der Waals surface area contributed by atoms with Crippen LogP contribution in [0.15, 0.2) is 35.3 Å². The summed E-state index contributed by atoms with van der Waals surface area (Å²) in [6.45, 7) is 10.2. The van der Waals surface area contributed by atoms with Crippen LogP contribution in [0.3, 0.4) is 0 Å². The Morgan fingerprint density at radius 3 is 2.32 bits per heavy atom. The van der Waals surface area contributed by atoms with E-state index >= 15 is 0 Å². The van der Waals surface area contributed by atoms with Gasteiger partial charge in [0.1, 0.15) is 4.58 Å². The molecule has 0 radical (unpaired) electrons. The van der Waals surface area contributed by atoms with Crippen LogP contribution in [0, 0.1) is 0 Å². The number of rotatable bonds is 4. The van der Waals surface area contributed by atoms with E-state index in [1.54, 1.807) is 6.92 Å². The van der Waals surface area contributed by atoms with Crippen molar-refractivity contribution in [2.45, 2.75) is 57.8 Å². The van der Waals surface area contributed by atoms with E-state index in [-0.39, 0.29) is 18.6 Å². The summed E-state index contributed by atoms with van der Waals surface area (Å²) in [5, 5.41) is 0.877. The van der Waals surface area contributed by atoms with E-state index in [9.17, 15) is 8.42 Å². The molecule has 0 bridgehead atoms. The van der Waals surface area contributed by atoms with E-state index in [0.29, 0.717) is 10.3 Å². The van der Waals surface area contributed by atoms with Crippen LogP contribution < -0.4 is 0 Å². The molecule has 1 aromatic carbocycles. The first-order chi connectivity index (χ1) is 11.6. The maximum absolute atomic E-state index is 12.7. The molecule has 25 heavy (non-hydrogen) atoms. The Kier molecular flexibility index (Phi) is 6.51. The molecule has 5 nitrogen and oxygen atoms in total. The number of aliphatic imine (C=N–C) groups is 1. The molecular weight excluding hydrogens is 374 g/mol. The van der Waals surface area contributed by atoms with Crippen LogP contribution in [-0.4, -0.2) is 44.6 Å². The molecule has 1 unspecified atom stereocenters. The van der Waals surface area contributed by atoms with Gasteiger partial charge in [-0.25, -0.2) is 12.7 Å². The van der Waals surface area contributed by atoms with E-state index in [2.05, 4.69) is 32.7 Å². The zero-order valence-electron chi connectivity index (χ0n) is 15.2. The van der Waals surface area contributed by atoms with Gasteiger partial charge in [-0.3, -0.25) is 0 Å². The lowest BCUT2D eigenvalue weighted by molar-refractivity contribution is 0.294. The van der Waals surface area contributed by atoms with Gasteiger partial charge in [-0.1, -0.05) is 42.1 Å². The van der Waals surface area contributed by atoms with Gasteiger partial charge < -0.3 is 4.90 Å². The van der Waals surface area contributed by atoms with Crippen molar-refractivity contribution < 1.29 is 8.42 Å². The van der Waals surface area contributed by atoms with Crippen LogP contribution in [0.2, 0.25) is 0 Å². The normalized spacial score (nSPS) is 21.3. The minimum Gasteiger partial charge on any atom is -0.343 e. The van der Waals surface area contributed by atoms with Gasteiger partial charge in [-0.2, -0.15) is 4.99 Å². The van der Waals surface area contributed by atoms with Gasteiger partial charge in [0.2, 0.25) is 10.0 Å². The Morgan fingerprint density at radius 2 is 1.80 bits per heavy atom. The molecule has 1 saturated heterocycles. The summed E-state index contributed by atoms with van der Waals surface area (Å²) < 4.78 is 26.2. The molecule has 1 heterocycles. The fraction of sp³-hybridized carbons (Fsp3) is 0.529. The van der Waals surface area contributed by atoms with Gasteiger partial charge in [0.25, 0.3) is 0 Å². The van der Waals surface area contributed by atoms with Crippen molar-refractivity contribution in [3.05, 3.63) is 35.9 Å². The number of amidine groups is 1. The summed E-state index contributed by atoms with van der Waals surface area (Å²) in [7, 11) is -3.44. The molecule has 1 aliphatic heterocycles. The van der Waals surface area contributed by atoms with Gasteiger partial charge in [-0.05, 0) is 52.4 Å². The van der Waals surface area contributed by atoms with Gasteiger partial charge in [0, 0.05) is 12.1 Å². The van der Waals surface area contributed by atoms with Crippen molar-refractivity contribution in [1.82, 2.24) is 9.21 Å². The Hall–Kier alpha value is -1.12. The Bertz CT molecular complexity index is 738. The van der Waals surface area contributed by atoms with E-state index in [1.807, 2.05) is 35.2 Å². The lowest BCUT2D eigenvalue weighted by Crippen LogP contribution is -2.41. The predicted octanol–water partition coefficient (Wildman–Crippen LogP) is 3.67. The fourth-order valence-corrected chi connectivity index (χ4v) is 6.35. The number of nitrogens with zero attached hydrogens (tertiary/aromatic N) is 3. The van der Waals surface area contributed by atoms with E-state index < -0.39 is 14.6 Å². The molecule has 1 aliphatic rings. The highest BCUT2D eigenvalue weighted by Gasteiger charge is 2.41. The minimum atomic E-state index is -3.44. The van der Waals surface area contributed by atoms with E-state index in [4.69, 9.17) is 12.2 Å². The first kappa shape index (κ1) is 20.2. The highest BCUT2D eigenvalue weighted by Crippen LogP contribution is 2.34. The number of hydrogen-bond donors (Lipinski definition) is 0. The van der Waals surface area contributed by atoms with Crippen LogP contribution in [-0.2, 0) is 16.6 Å². The molecule has 0 N–H and O–H groups in total. The van der Waals surface area contributed by atoms with Crippen molar-refractivity contribution in [1.29, 1.82) is 0 Å². The summed E-state index contributed by atoms with van der Waals surface area (Å²) in [6.07, 6.45) is 0. The van der Waals surface area contributed by atoms with Crippen LogP contribution in [0.25, 0.3) is 0 Å². The quantitative estimate of drug-likeness (QED) is 0.723. The molecule has 0 saturated carbocycles. The Balaban J connectivity index is 2.35. The summed E-state index contributed by atoms with van der Waals surface area (Å²) in [4.78, 5) is 6.54. The third-order valence-corrected chi connectivity index (χ3v) is 7.95. The average molecular weight is 400 g/mol. The number of hydrogen-bond acceptors (Lipinski definition) is 4. The molecular formula is C17H25N3O2S3. The molecule has 2 rings (SSSR count). The second-order valence-corrected chi connectivity index (χ2v) is 10.6. The molecule has 8 heteroatoms. The fourth-order valence-electron chi connectivity index (χ4n) is 2.72. The minimum absolute atomic E-state index is 0.194. The first-order valence-corrected chi connectivity index (χ1v) is 11.1. The van der Waals surface area contributed by atoms with Crippen molar-refractivity contribution in [2.75, 3.05) is 0 Å². The van der Waals surface area contributed by atoms with Crippen LogP contribution in [0.1, 0.15) is 40.2 Å². The molecule has 0 aliphatic carbocycles. The molecule has 1 aromatic rings. The van der Waals surface area contributed by atoms with Crippen molar-refractivity contribution >= 4 is 44.3 Å². The summed E-state index contributed by atoms with van der Waals surface area (Å²) >= 11 is 6.74. The molecule has 0 spiro atoms. The Morgan fingerprint density at radius 1 is 1.24 bits per heavy atom. The Labute approximate surface area is 160 Å². The monoisotopic (exact) mass is 399 g/mol. The molecule has 138 valence electrons. The van der Waals surface area contributed by atoms with Crippen LogP contribution in [0.4, 0.5) is 0 Å². The molecule has 0 aromatic heterocycles. The maximum atomic E-state index is 12.7. The van der Waals surface area contributed by atoms with Crippen molar-refractivity contribution in [2.24, 2.45) is 4.99 Å². The van der Waals surface area contributed by atoms with Crippen LogP contribution >= 0.6 is 24.0 Å². The standard InChI is InChI=1S/C17H25N3O2S3/c1-12(2)20(13(3)4)16(23)18-17-19(25(21,22)14(5)24-17)11-15-9-7-6-8-10-15/h6-10,12-14H,11H2,1-5H3/b18-17-. The van der Waals surface area contributed by atoms with Gasteiger partial charge in [0.05, 0.1) is 6.54 Å². The van der Waals surface area contributed by atoms with Gasteiger partial charge in [-0.15, -0.1) is 0 Å². The second kappa shape index (κ2) is 8.05. The lowest BCUT2D eigenvalue weighted by atomic mass is 10.2. The molecule has 1 atom stereocenters. The first-order valence-electron chi connectivity index (χ1n) is 8.27. The number of thiocarbonyl (C=S) groups is 1. The van der Waals surface area contributed by atoms with Crippen molar-refractivity contribution in [3.8, 4) is 0 Å². The average Bonchev–Trinajstić information content (AvgIpc) is 2.71. The third-order valence-electron chi connectivity index (χ3n) is 3.91. The largest absolute Gasteiger partial charge is 0.343 e. The number of thioether (sulfide) groups is 1. The number of benzene rings is 1. The summed E-state index contributed by atoms with van der Waals surface area (Å²) in [6, 6.07) is 9.91. The summed E-state index contributed by atoms with van der Waals surface area (Å²) in [5.74, 6) is 0.